The highest BCUT2D eigenvalue weighted by Gasteiger charge is 2.30. The zero-order chi connectivity index (χ0) is 27.4. The average molecular weight is 529 g/mol. The van der Waals surface area contributed by atoms with Crippen molar-refractivity contribution in [2.45, 2.75) is 57.3 Å². The summed E-state index contributed by atoms with van der Waals surface area (Å²) in [5.74, 6) is -2.73. The molecule has 0 radical (unpaired) electrons. The molecule has 0 saturated carbocycles. The summed E-state index contributed by atoms with van der Waals surface area (Å²) in [5, 5.41) is 17.7. The van der Waals surface area contributed by atoms with Crippen molar-refractivity contribution < 1.29 is 24.3 Å². The summed E-state index contributed by atoms with van der Waals surface area (Å²) in [4.78, 5) is 50.8. The van der Waals surface area contributed by atoms with Crippen LogP contribution < -0.4 is 21.7 Å². The van der Waals surface area contributed by atoms with Gasteiger partial charge in [0.15, 0.2) is 0 Å². The molecule has 0 heterocycles. The van der Waals surface area contributed by atoms with Crippen molar-refractivity contribution in [3.05, 3.63) is 71.8 Å². The predicted octanol–water partition coefficient (Wildman–Crippen LogP) is 1.31. The van der Waals surface area contributed by atoms with E-state index in [1.807, 2.05) is 50.2 Å². The molecule has 0 saturated heterocycles. The fourth-order valence-corrected chi connectivity index (χ4v) is 3.88. The number of thiol groups is 1. The van der Waals surface area contributed by atoms with Gasteiger partial charge in [-0.15, -0.1) is 0 Å². The fourth-order valence-electron chi connectivity index (χ4n) is 3.72. The van der Waals surface area contributed by atoms with E-state index in [4.69, 9.17) is 5.73 Å². The number of hydrogen-bond acceptors (Lipinski definition) is 6. The van der Waals surface area contributed by atoms with Crippen LogP contribution in [0.15, 0.2) is 60.7 Å². The van der Waals surface area contributed by atoms with Gasteiger partial charge in [-0.1, -0.05) is 74.5 Å². The van der Waals surface area contributed by atoms with E-state index < -0.39 is 47.9 Å². The summed E-state index contributed by atoms with van der Waals surface area (Å²) in [6, 6.07) is 13.9. The van der Waals surface area contributed by atoms with Gasteiger partial charge in [0.1, 0.15) is 18.1 Å². The first-order valence-electron chi connectivity index (χ1n) is 12.2. The number of rotatable bonds is 14. The summed E-state index contributed by atoms with van der Waals surface area (Å²) in [6.45, 7) is 3.81. The number of hydrogen-bond donors (Lipinski definition) is 6. The van der Waals surface area contributed by atoms with Crippen LogP contribution in [0.3, 0.4) is 0 Å². The number of aliphatic carboxylic acids is 1. The highest BCUT2D eigenvalue weighted by atomic mass is 32.1. The van der Waals surface area contributed by atoms with Crippen LogP contribution in [0.1, 0.15) is 31.4 Å². The van der Waals surface area contributed by atoms with Crippen LogP contribution in [-0.2, 0) is 32.0 Å². The van der Waals surface area contributed by atoms with Crippen LogP contribution in [-0.4, -0.2) is 58.7 Å². The maximum atomic E-state index is 13.3. The van der Waals surface area contributed by atoms with Crippen LogP contribution >= 0.6 is 12.6 Å². The standard InChI is InChI=1S/C27H36N4O5S/c1-17(2)13-21(29-24(32)20(28)16-37)25(33)30-22(14-18-9-5-3-6-10-18)26(34)31-23(27(35)36)15-19-11-7-4-8-12-19/h3-12,17,20-23,37H,13-16,28H2,1-2H3,(H,29,32)(H,30,33)(H,31,34)(H,35,36). The molecule has 0 aliphatic carbocycles. The molecule has 2 rings (SSSR count). The third kappa shape index (κ3) is 10.3. The van der Waals surface area contributed by atoms with Gasteiger partial charge in [-0.3, -0.25) is 14.4 Å². The number of carboxylic acid groups (broad SMARTS) is 1. The first-order chi connectivity index (χ1) is 17.6. The lowest BCUT2D eigenvalue weighted by atomic mass is 10.00. The molecule has 3 amide bonds. The number of carbonyl (C=O) groups is 4. The molecular formula is C27H36N4O5S. The van der Waals surface area contributed by atoms with Gasteiger partial charge < -0.3 is 26.8 Å². The fraction of sp³-hybridized carbons (Fsp3) is 0.407. The van der Waals surface area contributed by atoms with Crippen molar-refractivity contribution in [3.63, 3.8) is 0 Å². The minimum Gasteiger partial charge on any atom is -0.480 e. The van der Waals surface area contributed by atoms with E-state index in [1.165, 1.54) is 0 Å². The highest BCUT2D eigenvalue weighted by molar-refractivity contribution is 7.80. The van der Waals surface area contributed by atoms with Gasteiger partial charge in [-0.25, -0.2) is 4.79 Å². The second-order valence-corrected chi connectivity index (χ2v) is 9.68. The highest BCUT2D eigenvalue weighted by Crippen LogP contribution is 2.10. The second kappa shape index (κ2) is 15.0. The number of amides is 3. The van der Waals surface area contributed by atoms with Crippen molar-refractivity contribution in [2.24, 2.45) is 11.7 Å². The minimum atomic E-state index is -1.19. The number of carbonyl (C=O) groups excluding carboxylic acids is 3. The minimum absolute atomic E-state index is 0.0620. The van der Waals surface area contributed by atoms with Crippen LogP contribution in [0, 0.1) is 5.92 Å². The second-order valence-electron chi connectivity index (χ2n) is 9.32. The molecule has 0 spiro atoms. The average Bonchev–Trinajstić information content (AvgIpc) is 2.87. The molecule has 200 valence electrons. The Morgan fingerprint density at radius 1 is 0.757 bits per heavy atom. The van der Waals surface area contributed by atoms with E-state index in [9.17, 15) is 24.3 Å². The first-order valence-corrected chi connectivity index (χ1v) is 12.8. The predicted molar refractivity (Wildman–Crippen MR) is 145 cm³/mol. The number of carboxylic acids is 1. The van der Waals surface area contributed by atoms with Gasteiger partial charge in [0.2, 0.25) is 17.7 Å². The summed E-state index contributed by atoms with van der Waals surface area (Å²) in [6.07, 6.45) is 0.540. The molecule has 0 aliphatic rings. The smallest absolute Gasteiger partial charge is 0.326 e. The maximum Gasteiger partial charge on any atom is 0.326 e. The van der Waals surface area contributed by atoms with Crippen molar-refractivity contribution >= 4 is 36.3 Å². The van der Waals surface area contributed by atoms with E-state index in [0.29, 0.717) is 6.42 Å². The Hall–Kier alpha value is -3.37. The van der Waals surface area contributed by atoms with Gasteiger partial charge in [-0.2, -0.15) is 12.6 Å². The molecule has 10 heteroatoms. The molecular weight excluding hydrogens is 492 g/mol. The van der Waals surface area contributed by atoms with Crippen LogP contribution in [0.5, 0.6) is 0 Å². The normalized spacial score (nSPS) is 14.2. The van der Waals surface area contributed by atoms with Crippen molar-refractivity contribution in [3.8, 4) is 0 Å². The SMILES string of the molecule is CC(C)CC(NC(=O)C(N)CS)C(=O)NC(Cc1ccccc1)C(=O)NC(Cc1ccccc1)C(=O)O. The Balaban J connectivity index is 2.24. The van der Waals surface area contributed by atoms with Gasteiger partial charge in [0.25, 0.3) is 0 Å². The Labute approximate surface area is 223 Å². The Morgan fingerprint density at radius 2 is 1.19 bits per heavy atom. The lowest BCUT2D eigenvalue weighted by molar-refractivity contribution is -0.142. The van der Waals surface area contributed by atoms with E-state index in [-0.39, 0.29) is 24.5 Å². The van der Waals surface area contributed by atoms with Crippen LogP contribution in [0.25, 0.3) is 0 Å². The largest absolute Gasteiger partial charge is 0.480 e. The zero-order valence-electron chi connectivity index (χ0n) is 21.1. The Kier molecular flexibility index (Phi) is 12.1. The van der Waals surface area contributed by atoms with Crippen molar-refractivity contribution in [2.75, 3.05) is 5.75 Å². The maximum absolute atomic E-state index is 13.3. The zero-order valence-corrected chi connectivity index (χ0v) is 22.0. The van der Waals surface area contributed by atoms with Gasteiger partial charge in [0.05, 0.1) is 6.04 Å². The third-order valence-electron chi connectivity index (χ3n) is 5.69. The van der Waals surface area contributed by atoms with Gasteiger partial charge in [0, 0.05) is 18.6 Å². The summed E-state index contributed by atoms with van der Waals surface area (Å²) in [5.41, 5.74) is 7.28. The lowest BCUT2D eigenvalue weighted by Crippen LogP contribution is -2.58. The molecule has 2 aromatic carbocycles. The molecule has 0 aliphatic heterocycles. The van der Waals surface area contributed by atoms with Gasteiger partial charge in [-0.05, 0) is 23.5 Å². The molecule has 9 nitrogen and oxygen atoms in total. The van der Waals surface area contributed by atoms with Crippen LogP contribution in [0.2, 0.25) is 0 Å². The van der Waals surface area contributed by atoms with E-state index in [1.54, 1.807) is 24.3 Å². The number of nitrogens with two attached hydrogens (primary N) is 1. The molecule has 4 atom stereocenters. The molecule has 4 unspecified atom stereocenters. The summed E-state index contributed by atoms with van der Waals surface area (Å²) in [7, 11) is 0. The molecule has 6 N–H and O–H groups in total. The molecule has 37 heavy (non-hydrogen) atoms. The number of benzene rings is 2. The Morgan fingerprint density at radius 3 is 1.65 bits per heavy atom. The van der Waals surface area contributed by atoms with E-state index in [0.717, 1.165) is 11.1 Å². The van der Waals surface area contributed by atoms with E-state index in [2.05, 4.69) is 28.6 Å². The topological polar surface area (TPSA) is 151 Å². The molecule has 0 aromatic heterocycles. The lowest BCUT2D eigenvalue weighted by Gasteiger charge is -2.26. The van der Waals surface area contributed by atoms with Gasteiger partial charge >= 0.3 is 5.97 Å². The molecule has 0 bridgehead atoms. The molecule has 0 fully saturated rings. The van der Waals surface area contributed by atoms with Crippen molar-refractivity contribution in [1.29, 1.82) is 0 Å². The summed E-state index contributed by atoms with van der Waals surface area (Å²) < 4.78 is 0. The third-order valence-corrected chi connectivity index (χ3v) is 6.08. The first kappa shape index (κ1) is 29.9. The van der Waals surface area contributed by atoms with E-state index >= 15 is 0 Å². The summed E-state index contributed by atoms with van der Waals surface area (Å²) >= 11 is 4.03. The quantitative estimate of drug-likeness (QED) is 0.204. The van der Waals surface area contributed by atoms with Crippen LogP contribution in [0.4, 0.5) is 0 Å². The Bertz CT molecular complexity index is 1040. The monoisotopic (exact) mass is 528 g/mol. The molecule has 2 aromatic rings. The number of nitrogens with one attached hydrogen (secondary N) is 3. The van der Waals surface area contributed by atoms with Crippen molar-refractivity contribution in [1.82, 2.24) is 16.0 Å².